The third kappa shape index (κ3) is 5.97. The second-order valence-electron chi connectivity index (χ2n) is 7.12. The van der Waals surface area contributed by atoms with E-state index in [-0.39, 0.29) is 24.2 Å². The molecule has 3 rings (SSSR count). The highest BCUT2D eigenvalue weighted by atomic mass is 35.5. The number of carbonyl (C=O) groups is 1. The van der Waals surface area contributed by atoms with Gasteiger partial charge in [0.15, 0.2) is 11.0 Å². The van der Waals surface area contributed by atoms with E-state index in [1.165, 1.54) is 23.9 Å². The van der Waals surface area contributed by atoms with Crippen molar-refractivity contribution in [3.63, 3.8) is 0 Å². The third-order valence-electron chi connectivity index (χ3n) is 4.17. The first kappa shape index (κ1) is 22.6. The quantitative estimate of drug-likeness (QED) is 0.434. The van der Waals surface area contributed by atoms with Crippen LogP contribution in [0.3, 0.4) is 0 Å². The molecule has 0 radical (unpaired) electrons. The van der Waals surface area contributed by atoms with E-state index >= 15 is 0 Å². The number of carbonyl (C=O) groups excluding carboxylic acids is 1. The Morgan fingerprint density at radius 2 is 1.90 bits per heavy atom. The fourth-order valence-electron chi connectivity index (χ4n) is 2.76. The summed E-state index contributed by atoms with van der Waals surface area (Å²) >= 11 is 14.0. The van der Waals surface area contributed by atoms with Crippen molar-refractivity contribution in [3.05, 3.63) is 69.7 Å². The Labute approximate surface area is 189 Å². The number of halogens is 3. The summed E-state index contributed by atoms with van der Waals surface area (Å²) in [6.07, 6.45) is 0.429. The number of benzene rings is 2. The van der Waals surface area contributed by atoms with Crippen molar-refractivity contribution < 1.29 is 9.18 Å². The summed E-state index contributed by atoms with van der Waals surface area (Å²) in [5.41, 5.74) is 1.57. The van der Waals surface area contributed by atoms with Crippen LogP contribution in [0.1, 0.15) is 31.7 Å². The van der Waals surface area contributed by atoms with E-state index in [2.05, 4.69) is 15.5 Å². The zero-order chi connectivity index (χ0) is 21.7. The van der Waals surface area contributed by atoms with Crippen LogP contribution in [-0.2, 0) is 17.1 Å². The minimum atomic E-state index is -0.281. The number of hydrogen-bond donors (Lipinski definition) is 1. The van der Waals surface area contributed by atoms with Gasteiger partial charge in [-0.1, -0.05) is 60.9 Å². The van der Waals surface area contributed by atoms with Gasteiger partial charge >= 0.3 is 0 Å². The number of amides is 1. The maximum Gasteiger partial charge on any atom is 0.220 e. The fourth-order valence-corrected chi connectivity index (χ4v) is 4.04. The molecule has 0 saturated heterocycles. The Morgan fingerprint density at radius 1 is 1.17 bits per heavy atom. The Morgan fingerprint density at radius 3 is 2.60 bits per heavy atom. The number of aromatic nitrogens is 3. The van der Waals surface area contributed by atoms with Crippen LogP contribution in [0.2, 0.25) is 10.0 Å². The van der Waals surface area contributed by atoms with Crippen LogP contribution in [-0.4, -0.2) is 20.7 Å². The molecule has 1 N–H and O–H groups in total. The standard InChI is InChI=1S/C21H21Cl2FN4OS/c1-13(2)9-20(29)25-11-19-26-27-21(30-12-14-3-6-16(24)7-4-14)28(19)18-10-15(22)5-8-17(18)23/h3-8,10,13H,9,11-12H2,1-2H3,(H,25,29). The monoisotopic (exact) mass is 466 g/mol. The molecule has 0 bridgehead atoms. The highest BCUT2D eigenvalue weighted by Gasteiger charge is 2.18. The van der Waals surface area contributed by atoms with Gasteiger partial charge in [-0.05, 0) is 41.8 Å². The minimum Gasteiger partial charge on any atom is -0.349 e. The van der Waals surface area contributed by atoms with E-state index in [4.69, 9.17) is 23.2 Å². The summed E-state index contributed by atoms with van der Waals surface area (Å²) < 4.78 is 14.9. The van der Waals surface area contributed by atoms with Crippen LogP contribution in [0.5, 0.6) is 0 Å². The highest BCUT2D eigenvalue weighted by molar-refractivity contribution is 7.98. The first-order chi connectivity index (χ1) is 14.3. The molecule has 0 aliphatic heterocycles. The summed E-state index contributed by atoms with van der Waals surface area (Å²) in [5.74, 6) is 1.02. The number of nitrogens with one attached hydrogen (secondary N) is 1. The number of nitrogens with zero attached hydrogens (tertiary/aromatic N) is 3. The normalized spacial score (nSPS) is 11.1. The maximum absolute atomic E-state index is 13.2. The SMILES string of the molecule is CC(C)CC(=O)NCc1nnc(SCc2ccc(F)cc2)n1-c1cc(Cl)ccc1Cl. The first-order valence-electron chi connectivity index (χ1n) is 9.37. The molecule has 1 amide bonds. The van der Waals surface area contributed by atoms with Crippen LogP contribution in [0.4, 0.5) is 4.39 Å². The van der Waals surface area contributed by atoms with Gasteiger partial charge in [-0.3, -0.25) is 9.36 Å². The molecule has 0 saturated carbocycles. The van der Waals surface area contributed by atoms with E-state index in [1.54, 1.807) is 34.9 Å². The zero-order valence-corrected chi connectivity index (χ0v) is 18.9. The molecule has 158 valence electrons. The molecule has 0 fully saturated rings. The van der Waals surface area contributed by atoms with Gasteiger partial charge in [0.05, 0.1) is 17.3 Å². The van der Waals surface area contributed by atoms with Gasteiger partial charge in [-0.15, -0.1) is 10.2 Å². The molecule has 0 aliphatic rings. The molecule has 0 atom stereocenters. The van der Waals surface area contributed by atoms with Gasteiger partial charge in [0.25, 0.3) is 0 Å². The molecule has 2 aromatic carbocycles. The second-order valence-corrected chi connectivity index (χ2v) is 8.91. The lowest BCUT2D eigenvalue weighted by atomic mass is 10.1. The van der Waals surface area contributed by atoms with Gasteiger partial charge in [0, 0.05) is 17.2 Å². The van der Waals surface area contributed by atoms with E-state index < -0.39 is 0 Å². The average molecular weight is 467 g/mol. The maximum atomic E-state index is 13.2. The fraction of sp³-hybridized carbons (Fsp3) is 0.286. The topological polar surface area (TPSA) is 59.8 Å². The molecular formula is C21H21Cl2FN4OS. The smallest absolute Gasteiger partial charge is 0.220 e. The largest absolute Gasteiger partial charge is 0.349 e. The average Bonchev–Trinajstić information content (AvgIpc) is 3.10. The molecule has 0 spiro atoms. The van der Waals surface area contributed by atoms with Crippen molar-refractivity contribution in [1.29, 1.82) is 0 Å². The first-order valence-corrected chi connectivity index (χ1v) is 11.1. The Hall–Kier alpha value is -2.09. The minimum absolute atomic E-state index is 0.0581. The van der Waals surface area contributed by atoms with Gasteiger partial charge in [-0.25, -0.2) is 4.39 Å². The molecule has 9 heteroatoms. The summed E-state index contributed by atoms with van der Waals surface area (Å²) in [5, 5.41) is 13.0. The van der Waals surface area contributed by atoms with E-state index in [1.807, 2.05) is 13.8 Å². The van der Waals surface area contributed by atoms with Gasteiger partial charge < -0.3 is 5.32 Å². The van der Waals surface area contributed by atoms with E-state index in [0.717, 1.165) is 5.56 Å². The highest BCUT2D eigenvalue weighted by Crippen LogP contribution is 2.31. The molecule has 0 unspecified atom stereocenters. The summed E-state index contributed by atoms with van der Waals surface area (Å²) in [6.45, 7) is 4.18. The van der Waals surface area contributed by atoms with Gasteiger partial charge in [-0.2, -0.15) is 0 Å². The summed E-state index contributed by atoms with van der Waals surface area (Å²) in [4.78, 5) is 12.1. The Bertz CT molecular complexity index is 1020. The van der Waals surface area contributed by atoms with Crippen molar-refractivity contribution in [2.75, 3.05) is 0 Å². The third-order valence-corrected chi connectivity index (χ3v) is 5.72. The van der Waals surface area contributed by atoms with Gasteiger partial charge in [0.2, 0.25) is 5.91 Å². The molecular weight excluding hydrogens is 446 g/mol. The van der Waals surface area contributed by atoms with Crippen molar-refractivity contribution >= 4 is 40.9 Å². The lowest BCUT2D eigenvalue weighted by Gasteiger charge is -2.13. The predicted octanol–water partition coefficient (Wildman–Crippen LogP) is 5.67. The lowest BCUT2D eigenvalue weighted by molar-refractivity contribution is -0.122. The second kappa shape index (κ2) is 10.3. The van der Waals surface area contributed by atoms with Crippen LogP contribution in [0.15, 0.2) is 47.6 Å². The zero-order valence-electron chi connectivity index (χ0n) is 16.5. The van der Waals surface area contributed by atoms with Crippen LogP contribution in [0.25, 0.3) is 5.69 Å². The number of hydrogen-bond acceptors (Lipinski definition) is 4. The van der Waals surface area contributed by atoms with E-state index in [9.17, 15) is 9.18 Å². The molecule has 0 aliphatic carbocycles. The van der Waals surface area contributed by atoms with Crippen LogP contribution in [0, 0.1) is 11.7 Å². The van der Waals surface area contributed by atoms with Crippen LogP contribution >= 0.6 is 35.0 Å². The Balaban J connectivity index is 1.88. The molecule has 5 nitrogen and oxygen atoms in total. The van der Waals surface area contributed by atoms with Gasteiger partial charge in [0.1, 0.15) is 5.82 Å². The van der Waals surface area contributed by atoms with Crippen LogP contribution < -0.4 is 5.32 Å². The lowest BCUT2D eigenvalue weighted by Crippen LogP contribution is -2.25. The molecule has 1 aromatic heterocycles. The Kier molecular flexibility index (Phi) is 7.75. The molecule has 30 heavy (non-hydrogen) atoms. The van der Waals surface area contributed by atoms with Crippen molar-refractivity contribution in [3.8, 4) is 5.69 Å². The van der Waals surface area contributed by atoms with Crippen molar-refractivity contribution in [2.24, 2.45) is 5.92 Å². The molecule has 3 aromatic rings. The van der Waals surface area contributed by atoms with Crippen molar-refractivity contribution in [2.45, 2.75) is 37.7 Å². The number of rotatable bonds is 8. The summed E-state index contributed by atoms with van der Waals surface area (Å²) in [7, 11) is 0. The predicted molar refractivity (Wildman–Crippen MR) is 119 cm³/mol. The van der Waals surface area contributed by atoms with E-state index in [0.29, 0.717) is 38.9 Å². The summed E-state index contributed by atoms with van der Waals surface area (Å²) in [6, 6.07) is 11.4. The van der Waals surface area contributed by atoms with Crippen molar-refractivity contribution in [1.82, 2.24) is 20.1 Å². The molecule has 1 heterocycles. The number of thioether (sulfide) groups is 1.